The van der Waals surface area contributed by atoms with E-state index in [4.69, 9.17) is 4.74 Å². The standard InChI is InChI=1S/C21H22N2O4/c1-3-12(11-24)15-9-19-20-14(16-8-13(25)4-5-18(16)22-20)6-7-23(19)10-17(15)21(26)27-2/h3-5,8,10-11,15,19,22,25H,6-7,9H2,1-2H3/b12-3-/t15-,19-/m0/s1. The Balaban J connectivity index is 1.82. The van der Waals surface area contributed by atoms with Gasteiger partial charge < -0.3 is 19.7 Å². The number of fused-ring (bicyclic) bond motifs is 5. The van der Waals surface area contributed by atoms with E-state index in [1.807, 2.05) is 19.2 Å². The van der Waals surface area contributed by atoms with Crippen LogP contribution in [0.5, 0.6) is 5.75 Å². The molecule has 2 N–H and O–H groups in total. The molecule has 0 fully saturated rings. The topological polar surface area (TPSA) is 82.6 Å². The maximum Gasteiger partial charge on any atom is 0.335 e. The monoisotopic (exact) mass is 366 g/mol. The fraction of sp³-hybridized carbons (Fsp3) is 0.333. The van der Waals surface area contributed by atoms with Gasteiger partial charge in [0.1, 0.15) is 12.0 Å². The van der Waals surface area contributed by atoms with Gasteiger partial charge in [0.2, 0.25) is 0 Å². The molecule has 2 aromatic rings. The van der Waals surface area contributed by atoms with E-state index in [0.717, 1.165) is 35.8 Å². The van der Waals surface area contributed by atoms with Crippen molar-refractivity contribution in [3.8, 4) is 5.75 Å². The highest BCUT2D eigenvalue weighted by Crippen LogP contribution is 2.44. The number of benzene rings is 1. The van der Waals surface area contributed by atoms with Gasteiger partial charge in [-0.2, -0.15) is 0 Å². The van der Waals surface area contributed by atoms with Crippen molar-refractivity contribution in [2.24, 2.45) is 5.92 Å². The lowest BCUT2D eigenvalue weighted by molar-refractivity contribution is -0.137. The molecule has 1 aromatic carbocycles. The van der Waals surface area contributed by atoms with Crippen molar-refractivity contribution in [2.75, 3.05) is 13.7 Å². The number of carbonyl (C=O) groups excluding carboxylic acids is 2. The van der Waals surface area contributed by atoms with Gasteiger partial charge in [0.05, 0.1) is 18.7 Å². The van der Waals surface area contributed by atoms with E-state index < -0.39 is 5.97 Å². The molecule has 0 unspecified atom stereocenters. The van der Waals surface area contributed by atoms with Crippen LogP contribution in [0.3, 0.4) is 0 Å². The first kappa shape index (κ1) is 17.4. The molecule has 4 rings (SSSR count). The van der Waals surface area contributed by atoms with Crippen molar-refractivity contribution in [3.05, 3.63) is 52.9 Å². The number of aromatic nitrogens is 1. The van der Waals surface area contributed by atoms with E-state index in [1.54, 1.807) is 18.2 Å². The Morgan fingerprint density at radius 3 is 2.93 bits per heavy atom. The van der Waals surface area contributed by atoms with E-state index >= 15 is 0 Å². The number of aldehydes is 1. The van der Waals surface area contributed by atoms with Crippen LogP contribution in [0.25, 0.3) is 10.9 Å². The quantitative estimate of drug-likeness (QED) is 0.496. The average molecular weight is 366 g/mol. The number of phenols is 1. The second kappa shape index (κ2) is 6.61. The van der Waals surface area contributed by atoms with Crippen LogP contribution in [-0.2, 0) is 20.7 Å². The summed E-state index contributed by atoms with van der Waals surface area (Å²) in [6, 6.07) is 5.38. The van der Waals surface area contributed by atoms with Crippen LogP contribution in [0.4, 0.5) is 0 Å². The maximum absolute atomic E-state index is 12.3. The molecule has 2 aliphatic heterocycles. The summed E-state index contributed by atoms with van der Waals surface area (Å²) in [7, 11) is 1.36. The summed E-state index contributed by atoms with van der Waals surface area (Å²) in [5, 5.41) is 10.9. The summed E-state index contributed by atoms with van der Waals surface area (Å²) in [5.41, 5.74) is 4.39. The third kappa shape index (κ3) is 2.72. The van der Waals surface area contributed by atoms with Crippen LogP contribution in [-0.4, -0.2) is 40.9 Å². The van der Waals surface area contributed by atoms with Crippen LogP contribution >= 0.6 is 0 Å². The van der Waals surface area contributed by atoms with Gasteiger partial charge in [-0.15, -0.1) is 0 Å². The molecule has 0 radical (unpaired) electrons. The predicted molar refractivity (Wildman–Crippen MR) is 101 cm³/mol. The van der Waals surface area contributed by atoms with Crippen LogP contribution in [0.15, 0.2) is 41.6 Å². The number of nitrogens with one attached hydrogen (secondary N) is 1. The Kier molecular flexibility index (Phi) is 4.26. The van der Waals surface area contributed by atoms with Gasteiger partial charge >= 0.3 is 5.97 Å². The van der Waals surface area contributed by atoms with E-state index in [9.17, 15) is 14.7 Å². The van der Waals surface area contributed by atoms with E-state index in [2.05, 4.69) is 9.88 Å². The number of phenolic OH excluding ortho intramolecular Hbond substituents is 1. The summed E-state index contributed by atoms with van der Waals surface area (Å²) in [4.78, 5) is 29.5. The molecule has 0 amide bonds. The first-order chi connectivity index (χ1) is 13.1. The summed E-state index contributed by atoms with van der Waals surface area (Å²) >= 11 is 0. The highest BCUT2D eigenvalue weighted by atomic mass is 16.5. The zero-order chi connectivity index (χ0) is 19.1. The lowest BCUT2D eigenvalue weighted by Crippen LogP contribution is -2.38. The molecule has 6 heteroatoms. The second-order valence-corrected chi connectivity index (χ2v) is 7.02. The number of carbonyl (C=O) groups is 2. The smallest absolute Gasteiger partial charge is 0.335 e. The fourth-order valence-electron chi connectivity index (χ4n) is 4.38. The number of esters is 1. The number of hydrogen-bond acceptors (Lipinski definition) is 5. The minimum atomic E-state index is -0.396. The van der Waals surface area contributed by atoms with E-state index in [-0.39, 0.29) is 17.7 Å². The van der Waals surface area contributed by atoms with Gasteiger partial charge in [-0.05, 0) is 49.1 Å². The van der Waals surface area contributed by atoms with E-state index in [0.29, 0.717) is 17.6 Å². The molecule has 27 heavy (non-hydrogen) atoms. The van der Waals surface area contributed by atoms with E-state index in [1.165, 1.54) is 12.7 Å². The Bertz CT molecular complexity index is 985. The SMILES string of the molecule is C/C=C(/C=O)[C@@H]1C[C@H]2c3[nH]c4ccc(O)cc4c3CCN2C=C1C(=O)OC. The molecule has 140 valence electrons. The highest BCUT2D eigenvalue weighted by molar-refractivity contribution is 5.92. The minimum absolute atomic E-state index is 0.0385. The van der Waals surface area contributed by atoms with Gasteiger partial charge in [-0.1, -0.05) is 6.08 Å². The number of rotatable bonds is 3. The zero-order valence-electron chi connectivity index (χ0n) is 15.4. The third-order valence-electron chi connectivity index (χ3n) is 5.71. The Hall–Kier alpha value is -3.02. The number of hydrogen-bond donors (Lipinski definition) is 2. The molecule has 6 nitrogen and oxygen atoms in total. The molecule has 2 aliphatic rings. The first-order valence-electron chi connectivity index (χ1n) is 9.08. The molecule has 0 saturated carbocycles. The lowest BCUT2D eigenvalue weighted by Gasteiger charge is -2.41. The molecular formula is C21H22N2O4. The number of nitrogens with zero attached hydrogens (tertiary/aromatic N) is 1. The molecule has 2 atom stereocenters. The molecule has 0 spiro atoms. The van der Waals surface area contributed by atoms with Crippen LogP contribution in [0.1, 0.15) is 30.6 Å². The van der Waals surface area contributed by atoms with Crippen molar-refractivity contribution in [1.29, 1.82) is 0 Å². The predicted octanol–water partition coefficient (Wildman–Crippen LogP) is 2.99. The largest absolute Gasteiger partial charge is 0.508 e. The first-order valence-corrected chi connectivity index (χ1v) is 9.08. The van der Waals surface area contributed by atoms with Crippen molar-refractivity contribution in [1.82, 2.24) is 9.88 Å². The lowest BCUT2D eigenvalue weighted by atomic mass is 9.80. The maximum atomic E-state index is 12.3. The number of ether oxygens (including phenoxy) is 1. The third-order valence-corrected chi connectivity index (χ3v) is 5.71. The Morgan fingerprint density at radius 1 is 1.41 bits per heavy atom. The average Bonchev–Trinajstić information content (AvgIpc) is 3.06. The van der Waals surface area contributed by atoms with Crippen LogP contribution < -0.4 is 0 Å². The highest BCUT2D eigenvalue weighted by Gasteiger charge is 2.39. The number of aromatic amines is 1. The molecule has 0 aliphatic carbocycles. The van der Waals surface area contributed by atoms with Crippen molar-refractivity contribution in [3.63, 3.8) is 0 Å². The number of allylic oxidation sites excluding steroid dienone is 2. The number of methoxy groups -OCH3 is 1. The molecular weight excluding hydrogens is 344 g/mol. The van der Waals surface area contributed by atoms with Gasteiger partial charge in [-0.25, -0.2) is 4.79 Å². The van der Waals surface area contributed by atoms with Crippen molar-refractivity contribution < 1.29 is 19.4 Å². The normalized spacial score (nSPS) is 22.1. The van der Waals surface area contributed by atoms with Crippen LogP contribution in [0.2, 0.25) is 0 Å². The zero-order valence-corrected chi connectivity index (χ0v) is 15.4. The van der Waals surface area contributed by atoms with Gasteiger partial charge in [0.15, 0.2) is 0 Å². The molecule has 0 saturated heterocycles. The molecule has 0 bridgehead atoms. The number of H-pyrrole nitrogens is 1. The van der Waals surface area contributed by atoms with Gasteiger partial charge in [-0.3, -0.25) is 4.79 Å². The Labute approximate surface area is 157 Å². The summed E-state index contributed by atoms with van der Waals surface area (Å²) in [6.45, 7) is 2.57. The van der Waals surface area contributed by atoms with Crippen LogP contribution in [0, 0.1) is 5.92 Å². The molecule has 1 aromatic heterocycles. The molecule has 3 heterocycles. The second-order valence-electron chi connectivity index (χ2n) is 7.02. The summed E-state index contributed by atoms with van der Waals surface area (Å²) < 4.78 is 4.96. The number of aromatic hydroxyl groups is 1. The Morgan fingerprint density at radius 2 is 2.22 bits per heavy atom. The van der Waals surface area contributed by atoms with Gasteiger partial charge in [0.25, 0.3) is 0 Å². The summed E-state index contributed by atoms with van der Waals surface area (Å²) in [6.07, 6.45) is 5.87. The minimum Gasteiger partial charge on any atom is -0.508 e. The van der Waals surface area contributed by atoms with Gasteiger partial charge in [0, 0.05) is 35.3 Å². The fourth-order valence-corrected chi connectivity index (χ4v) is 4.38. The summed E-state index contributed by atoms with van der Waals surface area (Å²) in [5.74, 6) is -0.447. The van der Waals surface area contributed by atoms with Crippen molar-refractivity contribution >= 4 is 23.2 Å². The van der Waals surface area contributed by atoms with Crippen molar-refractivity contribution in [2.45, 2.75) is 25.8 Å².